The first-order valence-corrected chi connectivity index (χ1v) is 23.9. The number of nitrogens with zero attached hydrogens (tertiary/aromatic N) is 9. The monoisotopic (exact) mass is 897 g/mol. The second kappa shape index (κ2) is 18.8. The van der Waals surface area contributed by atoms with Crippen molar-refractivity contribution in [3.63, 3.8) is 0 Å². The third-order valence-electron chi connectivity index (χ3n) is 8.57. The molecule has 0 saturated carbocycles. The molecule has 0 N–H and O–H groups in total. The normalized spacial score (nSPS) is 18.7. The molecule has 0 aliphatic carbocycles. The fourth-order valence-electron chi connectivity index (χ4n) is 5.69. The third kappa shape index (κ3) is 13.5. The molecule has 1 fully saturated rings. The molecule has 61 heavy (non-hydrogen) atoms. The maximum atomic E-state index is 13.6. The van der Waals surface area contributed by atoms with Crippen LogP contribution in [0.5, 0.6) is 0 Å². The average Bonchev–Trinajstić information content (AvgIpc) is 3.77. The van der Waals surface area contributed by atoms with Crippen LogP contribution in [0.15, 0.2) is 6.33 Å². The molecular weight excluding hydrogens is 838 g/mol. The number of tetrazole rings is 1. The van der Waals surface area contributed by atoms with Crippen LogP contribution in [0, 0.1) is 5.41 Å². The first-order chi connectivity index (χ1) is 28.0. The predicted molar refractivity (Wildman–Crippen MR) is 221 cm³/mol. The van der Waals surface area contributed by atoms with Gasteiger partial charge in [-0.05, 0) is 92.1 Å². The van der Waals surface area contributed by atoms with Crippen LogP contribution >= 0.6 is 11.6 Å². The first-order valence-electron chi connectivity index (χ1n) is 19.8. The Labute approximate surface area is 361 Å². The quantitative estimate of drug-likeness (QED) is 0.0520. The second-order valence-corrected chi connectivity index (χ2v) is 25.1. The topological polar surface area (TPSA) is 233 Å². The fraction of sp³-hybridized carbons (Fsp3) is 0.737. The number of hydrogen-bond acceptors (Lipinski definition) is 18. The summed E-state index contributed by atoms with van der Waals surface area (Å²) in [7, 11) is -1.33. The summed E-state index contributed by atoms with van der Waals surface area (Å²) < 4.78 is 47.9. The van der Waals surface area contributed by atoms with Gasteiger partial charge in [0.1, 0.15) is 16.8 Å². The minimum Gasteiger partial charge on any atom is -0.464 e. The minimum atomic E-state index is -1.42. The summed E-state index contributed by atoms with van der Waals surface area (Å²) >= 11 is 6.48. The van der Waals surface area contributed by atoms with Crippen molar-refractivity contribution in [1.82, 2.24) is 39.7 Å². The van der Waals surface area contributed by atoms with Crippen LogP contribution in [0.2, 0.25) is 31.0 Å². The van der Waals surface area contributed by atoms with E-state index in [0.29, 0.717) is 11.5 Å². The molecule has 1 saturated heterocycles. The molecule has 340 valence electrons. The Morgan fingerprint density at radius 3 is 2.11 bits per heavy atom. The van der Waals surface area contributed by atoms with Gasteiger partial charge < -0.3 is 37.9 Å². The standard InChI is InChI=1S/C38H60ClN9O12Si/c1-16-54-30(49)24(26-43-45-47(44-26)21-53-17-18-61(13,14)15)55-19-22-38(11,12)25(57-34(52)60-37(8,9)10)29(56-22)46-20-40-23-27(46)41-31(39)42-28(23)48(32(50)58-35(2,3)4)33(51)59-36(5,6)7/h20,22,24-25,29H,16-19,21H2,1-15H3/t22-,24?,25+,29-/m1/s1. The first kappa shape index (κ1) is 49.1. The van der Waals surface area contributed by atoms with Gasteiger partial charge >= 0.3 is 24.3 Å². The zero-order valence-corrected chi connectivity index (χ0v) is 39.5. The van der Waals surface area contributed by atoms with Crippen molar-refractivity contribution in [2.24, 2.45) is 5.41 Å². The van der Waals surface area contributed by atoms with Crippen molar-refractivity contribution in [2.45, 2.75) is 157 Å². The van der Waals surface area contributed by atoms with Crippen LogP contribution < -0.4 is 4.90 Å². The van der Waals surface area contributed by atoms with Crippen LogP contribution in [0.4, 0.5) is 20.2 Å². The van der Waals surface area contributed by atoms with Gasteiger partial charge in [-0.15, -0.1) is 15.0 Å². The summed E-state index contributed by atoms with van der Waals surface area (Å²) in [4.78, 5) is 68.7. The van der Waals surface area contributed by atoms with Gasteiger partial charge in [-0.3, -0.25) is 4.57 Å². The Hall–Kier alpha value is -4.51. The lowest BCUT2D eigenvalue weighted by Gasteiger charge is -2.32. The summed E-state index contributed by atoms with van der Waals surface area (Å²) in [6.07, 6.45) is -6.64. The van der Waals surface area contributed by atoms with Crippen molar-refractivity contribution in [2.75, 3.05) is 24.7 Å². The largest absolute Gasteiger partial charge is 0.509 e. The number of imidazole rings is 1. The van der Waals surface area contributed by atoms with Crippen molar-refractivity contribution < 1.29 is 57.1 Å². The highest BCUT2D eigenvalue weighted by Crippen LogP contribution is 2.47. The zero-order valence-electron chi connectivity index (χ0n) is 37.7. The number of esters is 1. The van der Waals surface area contributed by atoms with E-state index in [0.717, 1.165) is 6.04 Å². The molecule has 4 rings (SSSR count). The maximum Gasteiger partial charge on any atom is 0.509 e. The van der Waals surface area contributed by atoms with Gasteiger partial charge in [-0.2, -0.15) is 14.9 Å². The Kier molecular flexibility index (Phi) is 15.2. The van der Waals surface area contributed by atoms with E-state index in [4.69, 9.17) is 49.5 Å². The number of fused-ring (bicyclic) bond motifs is 1. The molecule has 1 unspecified atom stereocenters. The van der Waals surface area contributed by atoms with E-state index in [2.05, 4.69) is 50.0 Å². The van der Waals surface area contributed by atoms with Gasteiger partial charge in [-0.25, -0.2) is 24.2 Å². The van der Waals surface area contributed by atoms with E-state index in [1.165, 1.54) is 15.7 Å². The van der Waals surface area contributed by atoms with Crippen LogP contribution in [0.3, 0.4) is 0 Å². The minimum absolute atomic E-state index is 0.0125. The second-order valence-electron chi connectivity index (χ2n) is 19.1. The molecule has 21 nitrogen and oxygen atoms in total. The van der Waals surface area contributed by atoms with Gasteiger partial charge in [0.05, 0.1) is 25.6 Å². The number of rotatable bonds is 14. The van der Waals surface area contributed by atoms with Gasteiger partial charge in [0, 0.05) is 20.1 Å². The third-order valence-corrected chi connectivity index (χ3v) is 10.4. The zero-order chi connectivity index (χ0) is 45.9. The molecular formula is C38H60ClN9O12Si. The molecule has 0 spiro atoms. The smallest absolute Gasteiger partial charge is 0.464 e. The molecule has 2 amide bonds. The van der Waals surface area contributed by atoms with Gasteiger partial charge in [0.15, 0.2) is 36.0 Å². The molecule has 23 heteroatoms. The average molecular weight is 898 g/mol. The molecule has 3 aromatic heterocycles. The number of anilines is 1. The van der Waals surface area contributed by atoms with Crippen molar-refractivity contribution >= 4 is 61.0 Å². The molecule has 1 aliphatic rings. The number of carbonyl (C=O) groups is 4. The van der Waals surface area contributed by atoms with E-state index in [1.54, 1.807) is 83.1 Å². The molecule has 0 radical (unpaired) electrons. The number of hydrogen-bond donors (Lipinski definition) is 0. The maximum absolute atomic E-state index is 13.6. The van der Waals surface area contributed by atoms with E-state index >= 15 is 0 Å². The van der Waals surface area contributed by atoms with E-state index in [-0.39, 0.29) is 48.0 Å². The van der Waals surface area contributed by atoms with E-state index in [1.807, 2.05) is 0 Å². The number of amides is 2. The van der Waals surface area contributed by atoms with Crippen molar-refractivity contribution in [1.29, 1.82) is 0 Å². The lowest BCUT2D eigenvalue weighted by Crippen LogP contribution is -2.44. The SMILES string of the molecule is CCOC(=O)C(OC[C@H]1O[C@@H](n2cnc3c(N(C(=O)OC(C)(C)C)C(=O)OC(C)(C)C)nc(Cl)nc32)[C@H](OC(=O)OC(C)(C)C)C1(C)C)c1nnn(COCC[Si](C)(C)C)n1. The summed E-state index contributed by atoms with van der Waals surface area (Å²) in [6, 6.07) is 0.937. The van der Waals surface area contributed by atoms with Crippen LogP contribution in [-0.2, 0) is 49.4 Å². The Balaban J connectivity index is 1.74. The van der Waals surface area contributed by atoms with Gasteiger partial charge in [0.25, 0.3) is 0 Å². The Morgan fingerprint density at radius 1 is 0.951 bits per heavy atom. The van der Waals surface area contributed by atoms with Gasteiger partial charge in [0.2, 0.25) is 17.2 Å². The predicted octanol–water partition coefficient (Wildman–Crippen LogP) is 7.02. The lowest BCUT2D eigenvalue weighted by molar-refractivity contribution is -0.162. The highest BCUT2D eigenvalue weighted by atomic mass is 35.5. The molecule has 0 aromatic carbocycles. The van der Waals surface area contributed by atoms with Crippen molar-refractivity contribution in [3.8, 4) is 0 Å². The van der Waals surface area contributed by atoms with Gasteiger partial charge in [-0.1, -0.05) is 33.5 Å². The molecule has 1 aliphatic heterocycles. The Bertz CT molecular complexity index is 2010. The lowest BCUT2D eigenvalue weighted by atomic mass is 9.82. The molecule has 4 atom stereocenters. The highest BCUT2D eigenvalue weighted by Gasteiger charge is 2.55. The number of carbonyl (C=O) groups excluding carboxylic acids is 4. The van der Waals surface area contributed by atoms with Crippen LogP contribution in [0.25, 0.3) is 11.2 Å². The highest BCUT2D eigenvalue weighted by molar-refractivity contribution is 6.76. The van der Waals surface area contributed by atoms with Crippen molar-refractivity contribution in [3.05, 3.63) is 17.4 Å². The van der Waals surface area contributed by atoms with Crippen LogP contribution in [-0.4, -0.2) is 121 Å². The number of halogens is 1. The summed E-state index contributed by atoms with van der Waals surface area (Å²) in [6.45, 7) is 27.0. The van der Waals surface area contributed by atoms with E-state index in [9.17, 15) is 19.2 Å². The summed E-state index contributed by atoms with van der Waals surface area (Å²) in [5.41, 5.74) is -4.17. The molecule has 0 bridgehead atoms. The number of imide groups is 1. The summed E-state index contributed by atoms with van der Waals surface area (Å²) in [5.74, 6) is -1.19. The fourth-order valence-corrected chi connectivity index (χ4v) is 6.61. The number of aromatic nitrogens is 8. The summed E-state index contributed by atoms with van der Waals surface area (Å²) in [5, 5.41) is 12.0. The number of ether oxygens (including phenoxy) is 8. The van der Waals surface area contributed by atoms with Crippen LogP contribution in [0.1, 0.15) is 101 Å². The molecule has 4 heterocycles. The molecule has 3 aromatic rings. The Morgan fingerprint density at radius 2 is 1.56 bits per heavy atom. The van der Waals surface area contributed by atoms with E-state index < -0.39 is 79.1 Å².